The molecule has 4 nitrogen and oxygen atoms in total. The maximum Gasteiger partial charge on any atom is 0.262 e. The van der Waals surface area contributed by atoms with E-state index in [1.165, 1.54) is 0 Å². The average Bonchev–Trinajstić information content (AvgIpc) is 2.92. The second kappa shape index (κ2) is 4.89. The largest absolute Gasteiger partial charge is 0.496 e. The summed E-state index contributed by atoms with van der Waals surface area (Å²) in [7, 11) is 1.57. The second-order valence-corrected chi connectivity index (χ2v) is 4.76. The average molecular weight is 268 g/mol. The lowest BCUT2D eigenvalue weighted by Crippen LogP contribution is -2.29. The van der Waals surface area contributed by atoms with Gasteiger partial charge in [-0.1, -0.05) is 24.3 Å². The molecule has 0 aliphatic carbocycles. The third-order valence-corrected chi connectivity index (χ3v) is 3.61. The fourth-order valence-corrected chi connectivity index (χ4v) is 2.66. The van der Waals surface area contributed by atoms with Crippen LogP contribution in [-0.2, 0) is 6.42 Å². The molecule has 102 valence electrons. The normalized spacial score (nSPS) is 13.2. The van der Waals surface area contributed by atoms with Crippen molar-refractivity contribution >= 4 is 17.3 Å². The van der Waals surface area contributed by atoms with Crippen molar-refractivity contribution in [1.29, 1.82) is 0 Å². The molecule has 4 heteroatoms. The van der Waals surface area contributed by atoms with E-state index in [2.05, 4.69) is 0 Å². The molecule has 0 spiro atoms. The third-order valence-electron chi connectivity index (χ3n) is 3.61. The highest BCUT2D eigenvalue weighted by atomic mass is 16.5. The van der Waals surface area contributed by atoms with Crippen molar-refractivity contribution in [3.05, 3.63) is 53.6 Å². The molecule has 0 saturated heterocycles. The summed E-state index contributed by atoms with van der Waals surface area (Å²) in [4.78, 5) is 14.5. The van der Waals surface area contributed by atoms with Gasteiger partial charge in [-0.15, -0.1) is 0 Å². The molecule has 1 heterocycles. The SMILES string of the molecule is COc1ccccc1C(=O)N1CCc2cccc(N)c21. The molecule has 0 fully saturated rings. The molecule has 2 aromatic rings. The summed E-state index contributed by atoms with van der Waals surface area (Å²) in [6, 6.07) is 13.0. The van der Waals surface area contributed by atoms with E-state index in [-0.39, 0.29) is 5.91 Å². The van der Waals surface area contributed by atoms with Gasteiger partial charge in [0.2, 0.25) is 0 Å². The third kappa shape index (κ3) is 1.90. The van der Waals surface area contributed by atoms with E-state index in [1.54, 1.807) is 24.1 Å². The van der Waals surface area contributed by atoms with E-state index < -0.39 is 0 Å². The van der Waals surface area contributed by atoms with E-state index in [4.69, 9.17) is 10.5 Å². The van der Waals surface area contributed by atoms with Crippen LogP contribution in [0.15, 0.2) is 42.5 Å². The molecule has 0 saturated carbocycles. The highest BCUT2D eigenvalue weighted by Gasteiger charge is 2.28. The van der Waals surface area contributed by atoms with E-state index in [0.29, 0.717) is 23.5 Å². The van der Waals surface area contributed by atoms with Crippen molar-refractivity contribution in [3.8, 4) is 5.75 Å². The topological polar surface area (TPSA) is 55.6 Å². The monoisotopic (exact) mass is 268 g/mol. The standard InChI is InChI=1S/C16H16N2O2/c1-20-14-8-3-2-6-12(14)16(19)18-10-9-11-5-4-7-13(17)15(11)18/h2-8H,9-10,17H2,1H3. The zero-order chi connectivity index (χ0) is 14.1. The molecular formula is C16H16N2O2. The van der Waals surface area contributed by atoms with Gasteiger partial charge in [0.1, 0.15) is 5.75 Å². The highest BCUT2D eigenvalue weighted by molar-refractivity contribution is 6.10. The zero-order valence-electron chi connectivity index (χ0n) is 11.3. The first kappa shape index (κ1) is 12.5. The molecule has 0 bridgehead atoms. The minimum atomic E-state index is -0.0703. The van der Waals surface area contributed by atoms with Crippen molar-refractivity contribution in [2.45, 2.75) is 6.42 Å². The Morgan fingerprint density at radius 2 is 2.00 bits per heavy atom. The van der Waals surface area contributed by atoms with E-state index in [9.17, 15) is 4.79 Å². The molecule has 0 radical (unpaired) electrons. The Labute approximate surface area is 117 Å². The van der Waals surface area contributed by atoms with Crippen molar-refractivity contribution in [2.24, 2.45) is 0 Å². The minimum absolute atomic E-state index is 0.0703. The van der Waals surface area contributed by atoms with Gasteiger partial charge in [0.05, 0.1) is 24.0 Å². The minimum Gasteiger partial charge on any atom is -0.496 e. The summed E-state index contributed by atoms with van der Waals surface area (Å²) in [6.45, 7) is 0.653. The smallest absolute Gasteiger partial charge is 0.262 e. The summed E-state index contributed by atoms with van der Waals surface area (Å²) in [5.41, 5.74) is 9.18. The number of benzene rings is 2. The van der Waals surface area contributed by atoms with Crippen molar-refractivity contribution < 1.29 is 9.53 Å². The Morgan fingerprint density at radius 3 is 2.80 bits per heavy atom. The molecule has 0 aromatic heterocycles. The van der Waals surface area contributed by atoms with Crippen LogP contribution in [-0.4, -0.2) is 19.6 Å². The number of para-hydroxylation sites is 2. The summed E-state index contributed by atoms with van der Waals surface area (Å²) >= 11 is 0. The number of nitrogen functional groups attached to an aromatic ring is 1. The Kier molecular flexibility index (Phi) is 3.06. The van der Waals surface area contributed by atoms with Gasteiger partial charge in [-0.05, 0) is 30.2 Å². The number of anilines is 2. The predicted octanol–water partition coefficient (Wildman–Crippen LogP) is 2.48. The number of hydrogen-bond acceptors (Lipinski definition) is 3. The van der Waals surface area contributed by atoms with Crippen LogP contribution in [0.25, 0.3) is 0 Å². The molecule has 1 aliphatic heterocycles. The lowest BCUT2D eigenvalue weighted by atomic mass is 10.1. The Hall–Kier alpha value is -2.49. The summed E-state index contributed by atoms with van der Waals surface area (Å²) in [5.74, 6) is 0.513. The molecule has 1 aliphatic rings. The van der Waals surface area contributed by atoms with Gasteiger partial charge in [0, 0.05) is 6.54 Å². The number of nitrogens with two attached hydrogens (primary N) is 1. The first-order valence-corrected chi connectivity index (χ1v) is 6.54. The molecule has 20 heavy (non-hydrogen) atoms. The van der Waals surface area contributed by atoms with Gasteiger partial charge < -0.3 is 15.4 Å². The number of methoxy groups -OCH3 is 1. The van der Waals surface area contributed by atoms with E-state index in [0.717, 1.165) is 17.7 Å². The van der Waals surface area contributed by atoms with Gasteiger partial charge in [-0.25, -0.2) is 0 Å². The second-order valence-electron chi connectivity index (χ2n) is 4.76. The lowest BCUT2D eigenvalue weighted by Gasteiger charge is -2.20. The van der Waals surface area contributed by atoms with Gasteiger partial charge in [0.25, 0.3) is 5.91 Å². The van der Waals surface area contributed by atoms with Gasteiger partial charge in [-0.3, -0.25) is 4.79 Å². The molecule has 0 unspecified atom stereocenters. The van der Waals surface area contributed by atoms with Gasteiger partial charge >= 0.3 is 0 Å². The first-order chi connectivity index (χ1) is 9.72. The Bertz CT molecular complexity index is 667. The molecule has 3 rings (SSSR count). The molecule has 1 amide bonds. The van der Waals surface area contributed by atoms with E-state index >= 15 is 0 Å². The van der Waals surface area contributed by atoms with Crippen molar-refractivity contribution in [3.63, 3.8) is 0 Å². The van der Waals surface area contributed by atoms with Gasteiger partial charge in [0.15, 0.2) is 0 Å². The number of carbonyl (C=O) groups excluding carboxylic acids is 1. The number of rotatable bonds is 2. The van der Waals surface area contributed by atoms with Crippen LogP contribution in [0, 0.1) is 0 Å². The maximum absolute atomic E-state index is 12.7. The molecule has 0 atom stereocenters. The Balaban J connectivity index is 2.02. The van der Waals surface area contributed by atoms with Crippen LogP contribution in [0.4, 0.5) is 11.4 Å². The van der Waals surface area contributed by atoms with Crippen LogP contribution in [0.1, 0.15) is 15.9 Å². The van der Waals surface area contributed by atoms with Crippen LogP contribution in [0.5, 0.6) is 5.75 Å². The molecule has 2 aromatic carbocycles. The van der Waals surface area contributed by atoms with Crippen molar-refractivity contribution in [1.82, 2.24) is 0 Å². The first-order valence-electron chi connectivity index (χ1n) is 6.54. The summed E-state index contributed by atoms with van der Waals surface area (Å²) in [6.07, 6.45) is 0.835. The van der Waals surface area contributed by atoms with Crippen LogP contribution >= 0.6 is 0 Å². The molecular weight excluding hydrogens is 252 g/mol. The highest BCUT2D eigenvalue weighted by Crippen LogP contribution is 2.35. The maximum atomic E-state index is 12.7. The zero-order valence-corrected chi connectivity index (χ0v) is 11.3. The number of carbonyl (C=O) groups is 1. The molecule has 2 N–H and O–H groups in total. The van der Waals surface area contributed by atoms with Gasteiger partial charge in [-0.2, -0.15) is 0 Å². The number of ether oxygens (including phenoxy) is 1. The Morgan fingerprint density at radius 1 is 1.20 bits per heavy atom. The number of hydrogen-bond donors (Lipinski definition) is 1. The number of nitrogens with zero attached hydrogens (tertiary/aromatic N) is 1. The number of amides is 1. The quantitative estimate of drug-likeness (QED) is 0.851. The van der Waals surface area contributed by atoms with Crippen molar-refractivity contribution in [2.75, 3.05) is 24.3 Å². The lowest BCUT2D eigenvalue weighted by molar-refractivity contribution is 0.0986. The van der Waals surface area contributed by atoms with Crippen LogP contribution < -0.4 is 15.4 Å². The van der Waals surface area contributed by atoms with Crippen LogP contribution in [0.2, 0.25) is 0 Å². The fraction of sp³-hybridized carbons (Fsp3) is 0.188. The van der Waals surface area contributed by atoms with Crippen LogP contribution in [0.3, 0.4) is 0 Å². The summed E-state index contributed by atoms with van der Waals surface area (Å²) < 4.78 is 5.27. The van der Waals surface area contributed by atoms with E-state index in [1.807, 2.05) is 30.3 Å². The fourth-order valence-electron chi connectivity index (χ4n) is 2.66. The summed E-state index contributed by atoms with van der Waals surface area (Å²) in [5, 5.41) is 0. The predicted molar refractivity (Wildman–Crippen MR) is 79.2 cm³/mol. The number of fused-ring (bicyclic) bond motifs is 1.